The Hall–Kier alpha value is -2.08. The molecule has 2 heterocycles. The van der Waals surface area contributed by atoms with Gasteiger partial charge < -0.3 is 4.90 Å². The highest BCUT2D eigenvalue weighted by atomic mass is 19.1. The molecule has 5 nitrogen and oxygen atoms in total. The summed E-state index contributed by atoms with van der Waals surface area (Å²) in [6, 6.07) is 2.68. The molecule has 0 saturated heterocycles. The molecule has 0 N–H and O–H groups in total. The second-order valence-electron chi connectivity index (χ2n) is 5.35. The Morgan fingerprint density at radius 1 is 1.43 bits per heavy atom. The molecular weight excluding hydrogens is 271 g/mol. The van der Waals surface area contributed by atoms with Crippen LogP contribution in [0.5, 0.6) is 0 Å². The molecule has 0 radical (unpaired) electrons. The zero-order valence-corrected chi connectivity index (χ0v) is 12.5. The quantitative estimate of drug-likeness (QED) is 0.763. The Morgan fingerprint density at radius 2 is 2.19 bits per heavy atom. The Labute approximate surface area is 123 Å². The highest BCUT2D eigenvalue weighted by Crippen LogP contribution is 2.10. The van der Waals surface area contributed by atoms with Crippen LogP contribution in [0.15, 0.2) is 30.7 Å². The average molecular weight is 290 g/mol. The fraction of sp³-hybridized carbons (Fsp3) is 0.400. The second kappa shape index (κ2) is 6.58. The van der Waals surface area contributed by atoms with Gasteiger partial charge in [-0.3, -0.25) is 14.5 Å². The molecule has 0 aliphatic carbocycles. The number of ketones is 1. The van der Waals surface area contributed by atoms with E-state index in [0.29, 0.717) is 12.2 Å². The highest BCUT2D eigenvalue weighted by molar-refractivity contribution is 5.95. The lowest BCUT2D eigenvalue weighted by molar-refractivity contribution is 0.0895. The third-order valence-corrected chi connectivity index (χ3v) is 3.22. The first-order chi connectivity index (χ1) is 9.95. The average Bonchev–Trinajstić information content (AvgIpc) is 2.83. The van der Waals surface area contributed by atoms with Crippen molar-refractivity contribution in [2.24, 2.45) is 13.0 Å². The lowest BCUT2D eigenvalue weighted by atomic mass is 10.0. The number of aryl methyl sites for hydroxylation is 1. The van der Waals surface area contributed by atoms with E-state index in [-0.39, 0.29) is 11.7 Å². The van der Waals surface area contributed by atoms with Gasteiger partial charge in [-0.25, -0.2) is 4.39 Å². The van der Waals surface area contributed by atoms with Gasteiger partial charge in [0.25, 0.3) is 0 Å². The fourth-order valence-corrected chi connectivity index (χ4v) is 2.25. The Balaban J connectivity index is 1.92. The minimum atomic E-state index is -0.437. The molecule has 0 aliphatic rings. The van der Waals surface area contributed by atoms with Crippen LogP contribution < -0.4 is 0 Å². The minimum absolute atomic E-state index is 0.0759. The normalized spacial score (nSPS) is 12.6. The molecule has 2 aromatic heterocycles. The summed E-state index contributed by atoms with van der Waals surface area (Å²) in [5.74, 6) is -0.717. The van der Waals surface area contributed by atoms with E-state index in [1.165, 1.54) is 12.1 Å². The maximum absolute atomic E-state index is 12.8. The van der Waals surface area contributed by atoms with Gasteiger partial charge in [0, 0.05) is 37.8 Å². The number of carbonyl (C=O) groups is 1. The number of nitrogens with zero attached hydrogens (tertiary/aromatic N) is 4. The Morgan fingerprint density at radius 3 is 2.76 bits per heavy atom. The summed E-state index contributed by atoms with van der Waals surface area (Å²) in [6.45, 7) is 3.18. The third-order valence-electron chi connectivity index (χ3n) is 3.22. The molecule has 2 aromatic rings. The van der Waals surface area contributed by atoms with Gasteiger partial charge in [0.1, 0.15) is 11.5 Å². The van der Waals surface area contributed by atoms with E-state index in [1.807, 2.05) is 33.4 Å². The van der Waals surface area contributed by atoms with E-state index >= 15 is 0 Å². The van der Waals surface area contributed by atoms with Crippen LogP contribution in [0, 0.1) is 11.7 Å². The fourth-order valence-electron chi connectivity index (χ4n) is 2.25. The molecule has 0 amide bonds. The number of rotatable bonds is 6. The molecule has 0 aromatic carbocycles. The molecule has 6 heteroatoms. The van der Waals surface area contributed by atoms with Gasteiger partial charge in [0.05, 0.1) is 12.4 Å². The number of halogens is 1. The topological polar surface area (TPSA) is 51.0 Å². The van der Waals surface area contributed by atoms with Gasteiger partial charge in [-0.2, -0.15) is 5.10 Å². The van der Waals surface area contributed by atoms with Gasteiger partial charge in [-0.15, -0.1) is 0 Å². The van der Waals surface area contributed by atoms with E-state index in [2.05, 4.69) is 15.0 Å². The van der Waals surface area contributed by atoms with E-state index in [9.17, 15) is 9.18 Å². The molecule has 1 atom stereocenters. The minimum Gasteiger partial charge on any atom is -0.301 e. The predicted octanol–water partition coefficient (Wildman–Crippen LogP) is 1.90. The summed E-state index contributed by atoms with van der Waals surface area (Å²) >= 11 is 0. The van der Waals surface area contributed by atoms with Crippen molar-refractivity contribution in [3.05, 3.63) is 47.8 Å². The Kier molecular flexibility index (Phi) is 4.80. The molecule has 112 valence electrons. The van der Waals surface area contributed by atoms with Crippen molar-refractivity contribution in [1.82, 2.24) is 19.7 Å². The maximum atomic E-state index is 12.8. The molecule has 0 bridgehead atoms. The van der Waals surface area contributed by atoms with Crippen molar-refractivity contribution in [3.63, 3.8) is 0 Å². The van der Waals surface area contributed by atoms with Crippen molar-refractivity contribution in [3.8, 4) is 0 Å². The standard InChI is InChI=1S/C15H19FN4O/c1-11(15(21)14-5-4-13(16)7-17-14)8-19(2)9-12-6-18-20(3)10-12/h4-7,10-11H,8-9H2,1-3H3. The lowest BCUT2D eigenvalue weighted by Gasteiger charge is -2.19. The van der Waals surface area contributed by atoms with Gasteiger partial charge in [-0.05, 0) is 19.2 Å². The van der Waals surface area contributed by atoms with Crippen molar-refractivity contribution in [1.29, 1.82) is 0 Å². The third kappa shape index (κ3) is 4.19. The number of pyridine rings is 1. The summed E-state index contributed by atoms with van der Waals surface area (Å²) in [5.41, 5.74) is 1.40. The van der Waals surface area contributed by atoms with Gasteiger partial charge in [-0.1, -0.05) is 6.92 Å². The molecule has 0 aliphatic heterocycles. The summed E-state index contributed by atoms with van der Waals surface area (Å²) in [4.78, 5) is 18.1. The summed E-state index contributed by atoms with van der Waals surface area (Å²) in [7, 11) is 3.82. The van der Waals surface area contributed by atoms with Crippen molar-refractivity contribution in [2.75, 3.05) is 13.6 Å². The van der Waals surface area contributed by atoms with Crippen molar-refractivity contribution in [2.45, 2.75) is 13.5 Å². The zero-order valence-electron chi connectivity index (χ0n) is 12.5. The molecular formula is C15H19FN4O. The summed E-state index contributed by atoms with van der Waals surface area (Å²) < 4.78 is 14.6. The van der Waals surface area contributed by atoms with Crippen LogP contribution in [0.25, 0.3) is 0 Å². The largest absolute Gasteiger partial charge is 0.301 e. The molecule has 2 rings (SSSR count). The second-order valence-corrected chi connectivity index (χ2v) is 5.35. The number of carbonyl (C=O) groups excluding carboxylic acids is 1. The molecule has 0 saturated carbocycles. The summed E-state index contributed by atoms with van der Waals surface area (Å²) in [6.07, 6.45) is 4.83. The zero-order chi connectivity index (χ0) is 15.4. The van der Waals surface area contributed by atoms with Gasteiger partial charge in [0.2, 0.25) is 0 Å². The van der Waals surface area contributed by atoms with Crippen molar-refractivity contribution < 1.29 is 9.18 Å². The van der Waals surface area contributed by atoms with Gasteiger partial charge in [0.15, 0.2) is 5.78 Å². The molecule has 1 unspecified atom stereocenters. The summed E-state index contributed by atoms with van der Waals surface area (Å²) in [5, 5.41) is 4.12. The smallest absolute Gasteiger partial charge is 0.185 e. The first kappa shape index (κ1) is 15.3. The van der Waals surface area contributed by atoms with Crippen LogP contribution in [-0.4, -0.2) is 39.0 Å². The van der Waals surface area contributed by atoms with Gasteiger partial charge >= 0.3 is 0 Å². The van der Waals surface area contributed by atoms with Crippen LogP contribution in [0.3, 0.4) is 0 Å². The van der Waals surface area contributed by atoms with E-state index < -0.39 is 5.82 Å². The van der Waals surface area contributed by atoms with Crippen molar-refractivity contribution >= 4 is 5.78 Å². The molecule has 21 heavy (non-hydrogen) atoms. The Bertz CT molecular complexity index is 608. The number of aromatic nitrogens is 3. The number of hydrogen-bond acceptors (Lipinski definition) is 4. The maximum Gasteiger partial charge on any atom is 0.185 e. The SMILES string of the molecule is CC(CN(C)Cc1cnn(C)c1)C(=O)c1ccc(F)cn1. The van der Waals surface area contributed by atoms with Crippen LogP contribution in [0.2, 0.25) is 0 Å². The highest BCUT2D eigenvalue weighted by Gasteiger charge is 2.18. The van der Waals surface area contributed by atoms with E-state index in [4.69, 9.17) is 0 Å². The van der Waals surface area contributed by atoms with Crippen LogP contribution in [0.4, 0.5) is 4.39 Å². The van der Waals surface area contributed by atoms with Crippen LogP contribution in [-0.2, 0) is 13.6 Å². The molecule has 0 spiro atoms. The van der Waals surface area contributed by atoms with Crippen LogP contribution in [0.1, 0.15) is 23.0 Å². The van der Waals surface area contributed by atoms with Crippen LogP contribution >= 0.6 is 0 Å². The van der Waals surface area contributed by atoms with E-state index in [1.54, 1.807) is 4.68 Å². The number of Topliss-reactive ketones (excluding diaryl/α,β-unsaturated/α-hetero) is 1. The first-order valence-corrected chi connectivity index (χ1v) is 6.77. The monoisotopic (exact) mass is 290 g/mol. The lowest BCUT2D eigenvalue weighted by Crippen LogP contribution is -2.28. The predicted molar refractivity (Wildman–Crippen MR) is 77.2 cm³/mol. The molecule has 0 fully saturated rings. The van der Waals surface area contributed by atoms with E-state index in [0.717, 1.165) is 18.3 Å². The number of hydrogen-bond donors (Lipinski definition) is 0. The first-order valence-electron chi connectivity index (χ1n) is 6.77.